The highest BCUT2D eigenvalue weighted by atomic mass is 16.7. The molecule has 0 bridgehead atoms. The number of hydrogen-bond donors (Lipinski definition) is 2. The van der Waals surface area contributed by atoms with Crippen molar-refractivity contribution in [2.45, 2.75) is 38.3 Å². The van der Waals surface area contributed by atoms with E-state index in [2.05, 4.69) is 6.92 Å². The van der Waals surface area contributed by atoms with Crippen LogP contribution in [0.2, 0.25) is 0 Å². The summed E-state index contributed by atoms with van der Waals surface area (Å²) < 4.78 is 10.7. The topological polar surface area (TPSA) is 64.7 Å². The van der Waals surface area contributed by atoms with Crippen molar-refractivity contribution in [3.63, 3.8) is 0 Å². The van der Waals surface area contributed by atoms with E-state index in [9.17, 15) is 5.11 Å². The molecule has 4 nitrogen and oxygen atoms in total. The molecule has 0 saturated heterocycles. The maximum atomic E-state index is 10.0. The van der Waals surface area contributed by atoms with Crippen molar-refractivity contribution < 1.29 is 14.6 Å². The zero-order valence-electron chi connectivity index (χ0n) is 10.1. The first-order valence-electron chi connectivity index (χ1n) is 6.06. The number of aliphatic hydroxyl groups is 1. The normalized spacial score (nSPS) is 16.9. The van der Waals surface area contributed by atoms with E-state index in [0.29, 0.717) is 17.9 Å². The van der Waals surface area contributed by atoms with Crippen LogP contribution < -0.4 is 15.2 Å². The SMILES string of the molecule is CCCC[C@H](O)[C@H](N)c1cccc2c1OCO2. The van der Waals surface area contributed by atoms with Crippen LogP contribution in [-0.2, 0) is 0 Å². The molecule has 17 heavy (non-hydrogen) atoms. The Labute approximate surface area is 101 Å². The molecule has 1 aliphatic rings. The van der Waals surface area contributed by atoms with Gasteiger partial charge in [-0.25, -0.2) is 0 Å². The van der Waals surface area contributed by atoms with Crippen molar-refractivity contribution in [2.75, 3.05) is 6.79 Å². The summed E-state index contributed by atoms with van der Waals surface area (Å²) in [5.74, 6) is 1.39. The van der Waals surface area contributed by atoms with Gasteiger partial charge < -0.3 is 20.3 Å². The summed E-state index contributed by atoms with van der Waals surface area (Å²) in [6.07, 6.45) is 2.20. The average Bonchev–Trinajstić information content (AvgIpc) is 2.82. The smallest absolute Gasteiger partial charge is 0.231 e. The molecule has 1 aromatic carbocycles. The third kappa shape index (κ3) is 2.53. The van der Waals surface area contributed by atoms with E-state index in [1.54, 1.807) is 0 Å². The first kappa shape index (κ1) is 12.2. The molecular weight excluding hydrogens is 218 g/mol. The van der Waals surface area contributed by atoms with Gasteiger partial charge in [0.05, 0.1) is 12.1 Å². The van der Waals surface area contributed by atoms with E-state index in [4.69, 9.17) is 15.2 Å². The molecule has 1 aliphatic heterocycles. The van der Waals surface area contributed by atoms with Gasteiger partial charge in [-0.3, -0.25) is 0 Å². The van der Waals surface area contributed by atoms with Crippen LogP contribution in [0.25, 0.3) is 0 Å². The Hall–Kier alpha value is -1.26. The van der Waals surface area contributed by atoms with Gasteiger partial charge in [-0.05, 0) is 12.5 Å². The molecule has 4 heteroatoms. The second-order valence-corrected chi connectivity index (χ2v) is 4.32. The van der Waals surface area contributed by atoms with Crippen LogP contribution in [0.1, 0.15) is 37.8 Å². The molecule has 0 aliphatic carbocycles. The highest BCUT2D eigenvalue weighted by Gasteiger charge is 2.25. The first-order valence-corrected chi connectivity index (χ1v) is 6.06. The molecule has 0 aromatic heterocycles. The average molecular weight is 237 g/mol. The zero-order chi connectivity index (χ0) is 12.3. The summed E-state index contributed by atoms with van der Waals surface area (Å²) in [6.45, 7) is 2.32. The second kappa shape index (κ2) is 5.38. The minimum atomic E-state index is -0.536. The Morgan fingerprint density at radius 3 is 3.00 bits per heavy atom. The number of unbranched alkanes of at least 4 members (excludes halogenated alkanes) is 1. The third-order valence-corrected chi connectivity index (χ3v) is 3.05. The van der Waals surface area contributed by atoms with Gasteiger partial charge in [-0.15, -0.1) is 0 Å². The van der Waals surface area contributed by atoms with Crippen LogP contribution in [0.15, 0.2) is 18.2 Å². The van der Waals surface area contributed by atoms with Gasteiger partial charge >= 0.3 is 0 Å². The molecule has 3 N–H and O–H groups in total. The zero-order valence-corrected chi connectivity index (χ0v) is 10.1. The lowest BCUT2D eigenvalue weighted by molar-refractivity contribution is 0.129. The molecule has 2 atom stereocenters. The highest BCUT2D eigenvalue weighted by molar-refractivity contribution is 5.49. The fourth-order valence-corrected chi connectivity index (χ4v) is 2.02. The van der Waals surface area contributed by atoms with E-state index in [0.717, 1.165) is 18.4 Å². The van der Waals surface area contributed by atoms with Gasteiger partial charge in [0.1, 0.15) is 0 Å². The van der Waals surface area contributed by atoms with Crippen molar-refractivity contribution in [3.05, 3.63) is 23.8 Å². The molecule has 1 aromatic rings. The van der Waals surface area contributed by atoms with Gasteiger partial charge in [0.2, 0.25) is 6.79 Å². The standard InChI is InChI=1S/C13H19NO3/c1-2-3-6-10(15)12(14)9-5-4-7-11-13(9)17-8-16-11/h4-5,7,10,12,15H,2-3,6,8,14H2,1H3/t10-,12+/m0/s1. The van der Waals surface area contributed by atoms with Crippen LogP contribution in [0, 0.1) is 0 Å². The highest BCUT2D eigenvalue weighted by Crippen LogP contribution is 2.38. The molecule has 0 radical (unpaired) electrons. The Bertz CT molecular complexity index is 381. The van der Waals surface area contributed by atoms with Crippen LogP contribution in [0.3, 0.4) is 0 Å². The van der Waals surface area contributed by atoms with Gasteiger partial charge in [-0.2, -0.15) is 0 Å². The van der Waals surface area contributed by atoms with Gasteiger partial charge in [-0.1, -0.05) is 31.9 Å². The maximum absolute atomic E-state index is 10.0. The van der Waals surface area contributed by atoms with Crippen molar-refractivity contribution in [2.24, 2.45) is 5.73 Å². The van der Waals surface area contributed by atoms with E-state index < -0.39 is 12.1 Å². The van der Waals surface area contributed by atoms with Gasteiger partial charge in [0.25, 0.3) is 0 Å². The van der Waals surface area contributed by atoms with Crippen LogP contribution in [0.5, 0.6) is 11.5 Å². The summed E-state index contributed by atoms with van der Waals surface area (Å²) >= 11 is 0. The van der Waals surface area contributed by atoms with Crippen LogP contribution in [0.4, 0.5) is 0 Å². The quantitative estimate of drug-likeness (QED) is 0.821. The molecule has 0 unspecified atom stereocenters. The summed E-state index contributed by atoms with van der Waals surface area (Å²) in [4.78, 5) is 0. The largest absolute Gasteiger partial charge is 0.454 e. The molecule has 2 rings (SSSR count). The number of aliphatic hydroxyl groups excluding tert-OH is 1. The number of hydrogen-bond acceptors (Lipinski definition) is 4. The number of nitrogens with two attached hydrogens (primary N) is 1. The van der Waals surface area contributed by atoms with E-state index in [-0.39, 0.29) is 6.79 Å². The lowest BCUT2D eigenvalue weighted by atomic mass is 9.97. The first-order chi connectivity index (χ1) is 8.24. The predicted octanol–water partition coefficient (Wildman–Crippen LogP) is 1.97. The number of fused-ring (bicyclic) bond motifs is 1. The number of ether oxygens (including phenoxy) is 2. The molecule has 0 fully saturated rings. The summed E-state index contributed by atoms with van der Waals surface area (Å²) in [5.41, 5.74) is 6.89. The van der Waals surface area contributed by atoms with Gasteiger partial charge in [0.15, 0.2) is 11.5 Å². The third-order valence-electron chi connectivity index (χ3n) is 3.05. The summed E-state index contributed by atoms with van der Waals surface area (Å²) in [7, 11) is 0. The fourth-order valence-electron chi connectivity index (χ4n) is 2.02. The van der Waals surface area contributed by atoms with Gasteiger partial charge in [0, 0.05) is 5.56 Å². The lowest BCUT2D eigenvalue weighted by Gasteiger charge is -2.20. The molecule has 0 amide bonds. The maximum Gasteiger partial charge on any atom is 0.231 e. The summed E-state index contributed by atoms with van der Waals surface area (Å²) in [5, 5.41) is 10.0. The van der Waals surface area contributed by atoms with Crippen LogP contribution >= 0.6 is 0 Å². The molecule has 1 heterocycles. The minimum absolute atomic E-state index is 0.226. The van der Waals surface area contributed by atoms with Crippen molar-refractivity contribution in [1.29, 1.82) is 0 Å². The Morgan fingerprint density at radius 1 is 1.41 bits per heavy atom. The van der Waals surface area contributed by atoms with E-state index >= 15 is 0 Å². The van der Waals surface area contributed by atoms with E-state index in [1.165, 1.54) is 0 Å². The Balaban J connectivity index is 2.14. The van der Waals surface area contributed by atoms with E-state index in [1.807, 2.05) is 18.2 Å². The van der Waals surface area contributed by atoms with Crippen LogP contribution in [-0.4, -0.2) is 18.0 Å². The van der Waals surface area contributed by atoms with Crippen molar-refractivity contribution in [3.8, 4) is 11.5 Å². The van der Waals surface area contributed by atoms with Crippen molar-refractivity contribution >= 4 is 0 Å². The molecule has 94 valence electrons. The monoisotopic (exact) mass is 237 g/mol. The predicted molar refractivity (Wildman–Crippen MR) is 65.0 cm³/mol. The lowest BCUT2D eigenvalue weighted by Crippen LogP contribution is -2.26. The molecule has 0 spiro atoms. The Kier molecular flexibility index (Phi) is 3.86. The second-order valence-electron chi connectivity index (χ2n) is 4.32. The number of rotatable bonds is 5. The van der Waals surface area contributed by atoms with Crippen molar-refractivity contribution in [1.82, 2.24) is 0 Å². The molecule has 0 saturated carbocycles. The number of para-hydroxylation sites is 1. The molecular formula is C13H19NO3. The fraction of sp³-hybridized carbons (Fsp3) is 0.538. The Morgan fingerprint density at radius 2 is 2.24 bits per heavy atom. The summed E-state index contributed by atoms with van der Waals surface area (Å²) in [6, 6.07) is 5.18. The number of benzene rings is 1. The minimum Gasteiger partial charge on any atom is -0.454 e.